The van der Waals surface area contributed by atoms with Crippen LogP contribution in [0.25, 0.3) is 0 Å². The van der Waals surface area contributed by atoms with Gasteiger partial charge >= 0.3 is 0 Å². The van der Waals surface area contributed by atoms with Crippen LogP contribution >= 0.6 is 11.8 Å². The summed E-state index contributed by atoms with van der Waals surface area (Å²) < 4.78 is 6.84. The zero-order chi connectivity index (χ0) is 14.4. The predicted molar refractivity (Wildman–Crippen MR) is 74.2 cm³/mol. The molecule has 2 aromatic rings. The molecule has 0 amide bonds. The zero-order valence-electron chi connectivity index (χ0n) is 11.9. The van der Waals surface area contributed by atoms with Crippen LogP contribution in [0.4, 0.5) is 0 Å². The average molecular weight is 297 g/mol. The molecule has 110 valence electrons. The van der Waals surface area contributed by atoms with Gasteiger partial charge in [0, 0.05) is 19.0 Å². The highest BCUT2D eigenvalue weighted by Crippen LogP contribution is 2.18. The second kappa shape index (κ2) is 7.34. The number of nitrogens with one attached hydrogen (secondary N) is 1. The molecule has 2 aromatic heterocycles. The first-order chi connectivity index (χ1) is 9.69. The van der Waals surface area contributed by atoms with E-state index in [1.54, 1.807) is 4.68 Å². The molecule has 8 nitrogen and oxygen atoms in total. The molecule has 0 aliphatic carbocycles. The third-order valence-corrected chi connectivity index (χ3v) is 3.47. The third-order valence-electron chi connectivity index (χ3n) is 2.52. The number of nitrogens with zero attached hydrogens (tertiary/aromatic N) is 6. The van der Waals surface area contributed by atoms with Gasteiger partial charge in [0.1, 0.15) is 0 Å². The Bertz CT molecular complexity index is 524. The van der Waals surface area contributed by atoms with Crippen molar-refractivity contribution in [2.45, 2.75) is 50.7 Å². The van der Waals surface area contributed by atoms with E-state index >= 15 is 0 Å². The summed E-state index contributed by atoms with van der Waals surface area (Å²) in [7, 11) is 0. The first-order valence-corrected chi connectivity index (χ1v) is 7.61. The number of rotatable bonds is 8. The normalized spacial score (nSPS) is 11.4. The maximum atomic E-state index is 5.06. The monoisotopic (exact) mass is 297 g/mol. The van der Waals surface area contributed by atoms with Gasteiger partial charge in [0.25, 0.3) is 0 Å². The van der Waals surface area contributed by atoms with Crippen LogP contribution in [-0.4, -0.2) is 42.9 Å². The quantitative estimate of drug-likeness (QED) is 0.718. The highest BCUT2D eigenvalue weighted by atomic mass is 32.2. The van der Waals surface area contributed by atoms with Gasteiger partial charge < -0.3 is 9.84 Å². The summed E-state index contributed by atoms with van der Waals surface area (Å²) in [5.74, 6) is 1.92. The summed E-state index contributed by atoms with van der Waals surface area (Å²) in [6.07, 6.45) is 0.746. The summed E-state index contributed by atoms with van der Waals surface area (Å²) in [5.41, 5.74) is 0. The molecule has 0 fully saturated rings. The molecule has 0 aliphatic heterocycles. The van der Waals surface area contributed by atoms with Gasteiger partial charge in [0.15, 0.2) is 5.82 Å². The molecule has 0 bridgehead atoms. The van der Waals surface area contributed by atoms with Crippen molar-refractivity contribution in [3.63, 3.8) is 0 Å². The molecule has 9 heteroatoms. The van der Waals surface area contributed by atoms with Crippen molar-refractivity contribution in [3.8, 4) is 0 Å². The Morgan fingerprint density at radius 3 is 2.95 bits per heavy atom. The van der Waals surface area contributed by atoms with Crippen molar-refractivity contribution in [3.05, 3.63) is 11.7 Å². The van der Waals surface area contributed by atoms with E-state index < -0.39 is 0 Å². The summed E-state index contributed by atoms with van der Waals surface area (Å²) in [4.78, 5) is 4.25. The van der Waals surface area contributed by atoms with Gasteiger partial charge in [-0.15, -0.1) is 5.10 Å². The SMILES string of the molecule is CCc1nc(CSc2nnnn2CCNC(C)C)no1. The van der Waals surface area contributed by atoms with Gasteiger partial charge in [-0.1, -0.05) is 37.7 Å². The third kappa shape index (κ3) is 4.27. The van der Waals surface area contributed by atoms with Gasteiger partial charge in [0.05, 0.1) is 12.3 Å². The standard InChI is InChI=1S/C11H19N7OS/c1-4-10-13-9(15-19-10)7-20-11-14-16-17-18(11)6-5-12-8(2)3/h8,12H,4-7H2,1-3H3. The van der Waals surface area contributed by atoms with Gasteiger partial charge in [-0.2, -0.15) is 4.98 Å². The van der Waals surface area contributed by atoms with Gasteiger partial charge in [-0.05, 0) is 10.4 Å². The van der Waals surface area contributed by atoms with Crippen LogP contribution in [0.1, 0.15) is 32.5 Å². The van der Waals surface area contributed by atoms with Crippen molar-refractivity contribution in [1.82, 2.24) is 35.7 Å². The summed E-state index contributed by atoms with van der Waals surface area (Å²) in [6, 6.07) is 0.453. The van der Waals surface area contributed by atoms with Crippen molar-refractivity contribution in [2.24, 2.45) is 0 Å². The van der Waals surface area contributed by atoms with Crippen LogP contribution in [0, 0.1) is 0 Å². The lowest BCUT2D eigenvalue weighted by Gasteiger charge is -2.08. The molecule has 1 N–H and O–H groups in total. The van der Waals surface area contributed by atoms with Crippen molar-refractivity contribution in [1.29, 1.82) is 0 Å². The molecule has 2 rings (SSSR count). The lowest BCUT2D eigenvalue weighted by Crippen LogP contribution is -2.27. The summed E-state index contributed by atoms with van der Waals surface area (Å²) >= 11 is 1.50. The minimum absolute atomic E-state index is 0.453. The molecular weight excluding hydrogens is 278 g/mol. The highest BCUT2D eigenvalue weighted by Gasteiger charge is 2.10. The fourth-order valence-corrected chi connectivity index (χ4v) is 2.27. The number of aryl methyl sites for hydroxylation is 1. The Kier molecular flexibility index (Phi) is 5.48. The molecule has 20 heavy (non-hydrogen) atoms. The van der Waals surface area contributed by atoms with Gasteiger partial charge in [0.2, 0.25) is 11.0 Å². The topological polar surface area (TPSA) is 94.5 Å². The lowest BCUT2D eigenvalue weighted by molar-refractivity contribution is 0.378. The minimum atomic E-state index is 0.453. The Hall–Kier alpha value is -1.48. The Morgan fingerprint density at radius 2 is 2.25 bits per heavy atom. The molecular formula is C11H19N7OS. The van der Waals surface area contributed by atoms with E-state index in [2.05, 4.69) is 44.8 Å². The van der Waals surface area contributed by atoms with E-state index in [0.29, 0.717) is 23.5 Å². The number of hydrogen-bond donors (Lipinski definition) is 1. The van der Waals surface area contributed by atoms with Gasteiger partial charge in [-0.3, -0.25) is 0 Å². The molecule has 0 radical (unpaired) electrons. The van der Waals surface area contributed by atoms with E-state index in [4.69, 9.17) is 4.52 Å². The van der Waals surface area contributed by atoms with Gasteiger partial charge in [-0.25, -0.2) is 4.68 Å². The zero-order valence-corrected chi connectivity index (χ0v) is 12.7. The van der Waals surface area contributed by atoms with E-state index in [1.165, 1.54) is 11.8 Å². The lowest BCUT2D eigenvalue weighted by atomic mass is 10.4. The Balaban J connectivity index is 1.85. The maximum Gasteiger partial charge on any atom is 0.226 e. The molecule has 0 aliphatic rings. The fourth-order valence-electron chi connectivity index (χ4n) is 1.52. The van der Waals surface area contributed by atoms with Crippen LogP contribution in [0.5, 0.6) is 0 Å². The van der Waals surface area contributed by atoms with Crippen LogP contribution in [0.2, 0.25) is 0 Å². The highest BCUT2D eigenvalue weighted by molar-refractivity contribution is 7.98. The number of tetrazole rings is 1. The molecule has 0 saturated heterocycles. The summed E-state index contributed by atoms with van der Waals surface area (Å²) in [6.45, 7) is 7.76. The largest absolute Gasteiger partial charge is 0.339 e. The van der Waals surface area contributed by atoms with E-state index in [-0.39, 0.29) is 0 Å². The van der Waals surface area contributed by atoms with Crippen molar-refractivity contribution >= 4 is 11.8 Å². The van der Waals surface area contributed by atoms with Crippen LogP contribution in [-0.2, 0) is 18.7 Å². The van der Waals surface area contributed by atoms with Crippen LogP contribution in [0.15, 0.2) is 9.68 Å². The number of aromatic nitrogens is 6. The molecule has 0 unspecified atom stereocenters. The first kappa shape index (κ1) is 14.9. The van der Waals surface area contributed by atoms with Crippen LogP contribution in [0.3, 0.4) is 0 Å². The fraction of sp³-hybridized carbons (Fsp3) is 0.727. The smallest absolute Gasteiger partial charge is 0.226 e. The first-order valence-electron chi connectivity index (χ1n) is 6.62. The van der Waals surface area contributed by atoms with E-state index in [9.17, 15) is 0 Å². The van der Waals surface area contributed by atoms with Crippen molar-refractivity contribution < 1.29 is 4.52 Å². The average Bonchev–Trinajstić information content (AvgIpc) is 3.04. The molecule has 0 saturated carbocycles. The Morgan fingerprint density at radius 1 is 1.40 bits per heavy atom. The maximum absolute atomic E-state index is 5.06. The van der Waals surface area contributed by atoms with Crippen molar-refractivity contribution in [2.75, 3.05) is 6.54 Å². The molecule has 0 aromatic carbocycles. The molecule has 0 spiro atoms. The van der Waals surface area contributed by atoms with E-state index in [0.717, 1.165) is 24.7 Å². The molecule has 2 heterocycles. The minimum Gasteiger partial charge on any atom is -0.339 e. The second-order valence-corrected chi connectivity index (χ2v) is 5.48. The Labute approximate surface area is 121 Å². The molecule has 0 atom stereocenters. The summed E-state index contributed by atoms with van der Waals surface area (Å²) in [5, 5.41) is 19.7. The predicted octanol–water partition coefficient (Wildman–Crippen LogP) is 0.909. The number of thioether (sulfide) groups is 1. The number of hydrogen-bond acceptors (Lipinski definition) is 8. The van der Waals surface area contributed by atoms with E-state index in [1.807, 2.05) is 6.92 Å². The van der Waals surface area contributed by atoms with Crippen LogP contribution < -0.4 is 5.32 Å². The second-order valence-electron chi connectivity index (χ2n) is 4.54.